The summed E-state index contributed by atoms with van der Waals surface area (Å²) in [4.78, 5) is 61.6. The minimum Gasteiger partial charge on any atom is -0.480 e. The molecule has 0 aromatic heterocycles. The Morgan fingerprint density at radius 2 is 1.74 bits per heavy atom. The predicted molar refractivity (Wildman–Crippen MR) is 109 cm³/mol. The monoisotopic (exact) mass is 443 g/mol. The fraction of sp³-hybridized carbons (Fsp3) is 0.737. The highest BCUT2D eigenvalue weighted by atomic mass is 16.4. The number of aliphatic hydroxyl groups is 1. The van der Waals surface area contributed by atoms with E-state index in [1.807, 2.05) is 13.8 Å². The van der Waals surface area contributed by atoms with Crippen LogP contribution in [0.4, 0.5) is 0 Å². The molecule has 4 amide bonds. The van der Waals surface area contributed by atoms with Gasteiger partial charge in [0.2, 0.25) is 23.6 Å². The summed E-state index contributed by atoms with van der Waals surface area (Å²) in [6, 6.07) is -4.63. The molecule has 1 saturated heterocycles. The molecule has 0 aliphatic carbocycles. The van der Waals surface area contributed by atoms with Gasteiger partial charge in [-0.25, -0.2) is 4.79 Å². The van der Waals surface area contributed by atoms with E-state index in [0.717, 1.165) is 0 Å². The summed E-state index contributed by atoms with van der Waals surface area (Å²) in [6.45, 7) is 5.15. The van der Waals surface area contributed by atoms with Crippen molar-refractivity contribution in [2.45, 2.75) is 76.7 Å². The molecule has 0 spiro atoms. The van der Waals surface area contributed by atoms with E-state index >= 15 is 0 Å². The molecule has 176 valence electrons. The summed E-state index contributed by atoms with van der Waals surface area (Å²) in [7, 11) is 0. The summed E-state index contributed by atoms with van der Waals surface area (Å²) in [5.74, 6) is -4.08. The molecule has 5 unspecified atom stereocenters. The zero-order valence-electron chi connectivity index (χ0n) is 18.0. The average Bonchev–Trinajstić information content (AvgIpc) is 3.12. The van der Waals surface area contributed by atoms with Crippen LogP contribution in [-0.2, 0) is 24.0 Å². The van der Waals surface area contributed by atoms with Crippen molar-refractivity contribution in [3.05, 3.63) is 0 Å². The number of aliphatic hydroxyl groups excluding tert-OH is 1. The van der Waals surface area contributed by atoms with Gasteiger partial charge >= 0.3 is 5.97 Å². The Bertz CT molecular complexity index is 697. The molecule has 0 aromatic rings. The van der Waals surface area contributed by atoms with Crippen LogP contribution in [0.25, 0.3) is 0 Å². The fourth-order valence-corrected chi connectivity index (χ4v) is 3.43. The molecule has 12 heteroatoms. The molecule has 1 fully saturated rings. The number of amides is 4. The van der Waals surface area contributed by atoms with E-state index < -0.39 is 59.9 Å². The van der Waals surface area contributed by atoms with Gasteiger partial charge in [-0.15, -0.1) is 0 Å². The molecule has 0 aromatic carbocycles. The maximum Gasteiger partial charge on any atom is 0.328 e. The van der Waals surface area contributed by atoms with Crippen molar-refractivity contribution < 1.29 is 34.2 Å². The summed E-state index contributed by atoms with van der Waals surface area (Å²) in [5.41, 5.74) is 10.8. The third-order valence-corrected chi connectivity index (χ3v) is 4.96. The summed E-state index contributed by atoms with van der Waals surface area (Å²) < 4.78 is 0. The first-order valence-electron chi connectivity index (χ1n) is 10.2. The summed E-state index contributed by atoms with van der Waals surface area (Å²) in [5, 5.41) is 23.6. The number of hydrogen-bond donors (Lipinski definition) is 6. The molecule has 12 nitrogen and oxygen atoms in total. The molecular weight excluding hydrogens is 410 g/mol. The van der Waals surface area contributed by atoms with Gasteiger partial charge in [-0.2, -0.15) is 0 Å². The second-order valence-electron chi connectivity index (χ2n) is 8.22. The minimum atomic E-state index is -1.53. The molecule has 0 radical (unpaired) electrons. The van der Waals surface area contributed by atoms with Crippen LogP contribution in [0, 0.1) is 5.92 Å². The highest BCUT2D eigenvalue weighted by Crippen LogP contribution is 2.19. The van der Waals surface area contributed by atoms with Crippen LogP contribution in [-0.4, -0.2) is 81.5 Å². The van der Waals surface area contributed by atoms with E-state index in [0.29, 0.717) is 12.8 Å². The Labute approximate surface area is 180 Å². The highest BCUT2D eigenvalue weighted by Gasteiger charge is 2.38. The van der Waals surface area contributed by atoms with E-state index in [4.69, 9.17) is 16.6 Å². The number of hydrogen-bond acceptors (Lipinski definition) is 7. The van der Waals surface area contributed by atoms with Gasteiger partial charge in [0.05, 0.1) is 18.6 Å². The van der Waals surface area contributed by atoms with Crippen molar-refractivity contribution in [1.82, 2.24) is 15.5 Å². The molecule has 0 saturated carbocycles. The average molecular weight is 444 g/mol. The molecule has 31 heavy (non-hydrogen) atoms. The zero-order valence-corrected chi connectivity index (χ0v) is 18.0. The first-order chi connectivity index (χ1) is 14.3. The minimum absolute atomic E-state index is 0.0174. The topological polar surface area (TPSA) is 205 Å². The second-order valence-corrected chi connectivity index (χ2v) is 8.22. The second kappa shape index (κ2) is 11.6. The Balaban J connectivity index is 2.92. The van der Waals surface area contributed by atoms with Crippen molar-refractivity contribution >= 4 is 29.6 Å². The van der Waals surface area contributed by atoms with Crippen LogP contribution < -0.4 is 22.1 Å². The number of carboxylic acid groups (broad SMARTS) is 1. The summed E-state index contributed by atoms with van der Waals surface area (Å²) >= 11 is 0. The number of likely N-dealkylation sites (tertiary alicyclic amines) is 1. The normalized spacial score (nSPS) is 19.9. The van der Waals surface area contributed by atoms with Crippen LogP contribution in [0.3, 0.4) is 0 Å². The van der Waals surface area contributed by atoms with Crippen molar-refractivity contribution in [3.63, 3.8) is 0 Å². The van der Waals surface area contributed by atoms with Gasteiger partial charge in [0, 0.05) is 6.54 Å². The lowest BCUT2D eigenvalue weighted by Crippen LogP contribution is -2.58. The lowest BCUT2D eigenvalue weighted by atomic mass is 10.0. The molecule has 5 atom stereocenters. The number of nitrogens with one attached hydrogen (secondary N) is 2. The smallest absolute Gasteiger partial charge is 0.328 e. The van der Waals surface area contributed by atoms with Gasteiger partial charge in [-0.05, 0) is 32.1 Å². The van der Waals surface area contributed by atoms with Gasteiger partial charge < -0.3 is 37.2 Å². The van der Waals surface area contributed by atoms with Crippen molar-refractivity contribution in [3.8, 4) is 0 Å². The Hall–Kier alpha value is -2.73. The van der Waals surface area contributed by atoms with Gasteiger partial charge in [0.1, 0.15) is 12.1 Å². The summed E-state index contributed by atoms with van der Waals surface area (Å²) in [6.07, 6.45) is -0.588. The van der Waals surface area contributed by atoms with E-state index in [1.165, 1.54) is 11.8 Å². The predicted octanol–water partition coefficient (Wildman–Crippen LogP) is -2.34. The molecule has 1 aliphatic rings. The third-order valence-electron chi connectivity index (χ3n) is 4.96. The van der Waals surface area contributed by atoms with Gasteiger partial charge in [0.15, 0.2) is 6.04 Å². The molecule has 1 aliphatic heterocycles. The maximum atomic E-state index is 12.9. The number of nitrogens with zero attached hydrogens (tertiary/aromatic N) is 1. The van der Waals surface area contributed by atoms with E-state index in [9.17, 15) is 29.1 Å². The fourth-order valence-electron chi connectivity index (χ4n) is 3.43. The van der Waals surface area contributed by atoms with Gasteiger partial charge in [-0.3, -0.25) is 19.2 Å². The molecule has 8 N–H and O–H groups in total. The number of primary amides is 1. The largest absolute Gasteiger partial charge is 0.480 e. The number of carbonyl (C=O) groups excluding carboxylic acids is 4. The van der Waals surface area contributed by atoms with Crippen LogP contribution in [0.15, 0.2) is 0 Å². The van der Waals surface area contributed by atoms with E-state index in [1.54, 1.807) is 0 Å². The first-order valence-corrected chi connectivity index (χ1v) is 10.2. The quantitative estimate of drug-likeness (QED) is 0.203. The van der Waals surface area contributed by atoms with E-state index in [-0.39, 0.29) is 25.3 Å². The van der Waals surface area contributed by atoms with Gasteiger partial charge in [-0.1, -0.05) is 13.8 Å². The van der Waals surface area contributed by atoms with Crippen LogP contribution >= 0.6 is 0 Å². The number of aliphatic carboxylic acids is 1. The van der Waals surface area contributed by atoms with Crippen molar-refractivity contribution in [2.24, 2.45) is 17.4 Å². The van der Waals surface area contributed by atoms with Crippen LogP contribution in [0.2, 0.25) is 0 Å². The first kappa shape index (κ1) is 26.3. The van der Waals surface area contributed by atoms with Crippen molar-refractivity contribution in [2.75, 3.05) is 6.54 Å². The number of rotatable bonds is 11. The SMILES string of the molecule is CC(C)CC(NC(=O)C1CCCN1C(=O)C(N)CC(N)=O)C(=O)NC(C(=O)O)C(C)O. The van der Waals surface area contributed by atoms with E-state index in [2.05, 4.69) is 10.6 Å². The maximum absolute atomic E-state index is 12.9. The lowest BCUT2D eigenvalue weighted by Gasteiger charge is -2.29. The molecule has 1 heterocycles. The number of nitrogens with two attached hydrogens (primary N) is 2. The third kappa shape index (κ3) is 7.79. The van der Waals surface area contributed by atoms with Crippen molar-refractivity contribution in [1.29, 1.82) is 0 Å². The number of carbonyl (C=O) groups is 5. The highest BCUT2D eigenvalue weighted by molar-refractivity contribution is 5.95. The molecule has 0 bridgehead atoms. The van der Waals surface area contributed by atoms with Crippen LogP contribution in [0.1, 0.15) is 46.5 Å². The Morgan fingerprint density at radius 1 is 1.13 bits per heavy atom. The van der Waals surface area contributed by atoms with Crippen LogP contribution in [0.5, 0.6) is 0 Å². The Morgan fingerprint density at radius 3 is 2.23 bits per heavy atom. The Kier molecular flexibility index (Phi) is 9.85. The van der Waals surface area contributed by atoms with Gasteiger partial charge in [0.25, 0.3) is 0 Å². The lowest BCUT2D eigenvalue weighted by molar-refractivity contribution is -0.145. The standard InChI is InChI=1S/C19H33N5O7/c1-9(2)7-12(16(27)23-15(10(3)25)19(30)31)22-17(28)13-5-4-6-24(13)18(29)11(20)8-14(21)26/h9-13,15,25H,4-8,20H2,1-3H3,(H2,21,26)(H,22,28)(H,23,27)(H,30,31). The number of carboxylic acids is 1. The molecular formula is C19H33N5O7. The molecule has 1 rings (SSSR count). The zero-order chi connectivity index (χ0) is 23.9.